The summed E-state index contributed by atoms with van der Waals surface area (Å²) in [6.07, 6.45) is 48.2. The number of unbranched alkanes of at least 4 members (excludes halogenated alkanes) is 33. The van der Waals surface area contributed by atoms with Crippen molar-refractivity contribution in [2.45, 2.75) is 304 Å². The van der Waals surface area contributed by atoms with Crippen molar-refractivity contribution in [3.05, 3.63) is 0 Å². The Labute approximate surface area is 374 Å². The highest BCUT2D eigenvalue weighted by atomic mass is 16.6. The Hall–Kier alpha value is -1.59. The number of carbonyl (C=O) groups excluding carboxylic acids is 3. The predicted octanol–water partition coefficient (Wildman–Crippen LogP) is 17.3. The molecule has 0 rings (SSSR count). The van der Waals surface area contributed by atoms with Crippen LogP contribution in [0.5, 0.6) is 0 Å². The van der Waals surface area contributed by atoms with E-state index in [0.717, 1.165) is 69.6 Å². The molecule has 0 aromatic carbocycles. The summed E-state index contributed by atoms with van der Waals surface area (Å²) in [6, 6.07) is 0. The minimum absolute atomic E-state index is 0.0639. The lowest BCUT2D eigenvalue weighted by atomic mass is 10.0. The molecule has 0 aliphatic carbocycles. The van der Waals surface area contributed by atoms with E-state index in [2.05, 4.69) is 34.6 Å². The molecular formula is C54H104O6. The summed E-state index contributed by atoms with van der Waals surface area (Å²) in [4.78, 5) is 37.9. The smallest absolute Gasteiger partial charge is 0.306 e. The Morgan fingerprint density at radius 2 is 0.550 bits per heavy atom. The molecule has 6 heteroatoms. The first-order chi connectivity index (χ1) is 29.2. The SMILES string of the molecule is CCCCCCCCCCCCCC(=O)O[C@@H](COC(=O)CCCCCCCCCCCCCCCCCCCCC(C)C)COC(=O)CCCCCCCCCC(C)C. The van der Waals surface area contributed by atoms with Gasteiger partial charge in [-0.25, -0.2) is 0 Å². The zero-order valence-corrected chi connectivity index (χ0v) is 41.1. The van der Waals surface area contributed by atoms with Gasteiger partial charge in [-0.05, 0) is 31.1 Å². The van der Waals surface area contributed by atoms with E-state index in [1.165, 1.54) is 186 Å². The molecule has 0 spiro atoms. The maximum atomic E-state index is 12.7. The lowest BCUT2D eigenvalue weighted by molar-refractivity contribution is -0.167. The summed E-state index contributed by atoms with van der Waals surface area (Å²) in [5, 5.41) is 0. The fraction of sp³-hybridized carbons (Fsp3) is 0.944. The molecule has 60 heavy (non-hydrogen) atoms. The Morgan fingerprint density at radius 3 is 0.817 bits per heavy atom. The van der Waals surface area contributed by atoms with Crippen molar-refractivity contribution in [1.82, 2.24) is 0 Å². The second kappa shape index (κ2) is 46.9. The topological polar surface area (TPSA) is 78.9 Å². The van der Waals surface area contributed by atoms with Crippen molar-refractivity contribution in [3.63, 3.8) is 0 Å². The summed E-state index contributed by atoms with van der Waals surface area (Å²) in [5.74, 6) is 0.791. The Kier molecular flexibility index (Phi) is 45.7. The summed E-state index contributed by atoms with van der Waals surface area (Å²) >= 11 is 0. The third-order valence-corrected chi connectivity index (χ3v) is 12.2. The minimum atomic E-state index is -0.761. The number of hydrogen-bond acceptors (Lipinski definition) is 6. The van der Waals surface area contributed by atoms with E-state index < -0.39 is 6.10 Å². The maximum Gasteiger partial charge on any atom is 0.306 e. The van der Waals surface area contributed by atoms with Crippen molar-refractivity contribution >= 4 is 17.9 Å². The standard InChI is InChI=1S/C54H104O6/c1-6-7-8-9-10-11-20-25-30-36-41-46-54(57)60-51(48-59-53(56)45-40-35-31-26-28-33-38-43-50(4)5)47-58-52(55)44-39-34-29-24-22-19-17-15-13-12-14-16-18-21-23-27-32-37-42-49(2)3/h49-51H,6-48H2,1-5H3/t51-/m0/s1. The molecule has 0 aliphatic rings. The molecule has 1 atom stereocenters. The average molecular weight is 849 g/mol. The van der Waals surface area contributed by atoms with Gasteiger partial charge in [-0.15, -0.1) is 0 Å². The van der Waals surface area contributed by atoms with E-state index in [9.17, 15) is 14.4 Å². The molecule has 0 aromatic rings. The summed E-state index contributed by atoms with van der Waals surface area (Å²) in [5.41, 5.74) is 0. The van der Waals surface area contributed by atoms with Crippen molar-refractivity contribution in [2.24, 2.45) is 11.8 Å². The van der Waals surface area contributed by atoms with E-state index >= 15 is 0 Å². The van der Waals surface area contributed by atoms with Gasteiger partial charge >= 0.3 is 17.9 Å². The molecule has 0 N–H and O–H groups in total. The van der Waals surface area contributed by atoms with Crippen molar-refractivity contribution in [1.29, 1.82) is 0 Å². The van der Waals surface area contributed by atoms with Gasteiger partial charge in [0.2, 0.25) is 0 Å². The number of carbonyl (C=O) groups is 3. The molecule has 0 aromatic heterocycles. The molecule has 0 heterocycles. The molecular weight excluding hydrogens is 745 g/mol. The second-order valence-corrected chi connectivity index (χ2v) is 19.5. The van der Waals surface area contributed by atoms with Gasteiger partial charge in [0, 0.05) is 19.3 Å². The zero-order valence-electron chi connectivity index (χ0n) is 41.1. The van der Waals surface area contributed by atoms with Crippen LogP contribution < -0.4 is 0 Å². The summed E-state index contributed by atoms with van der Waals surface area (Å²) < 4.78 is 16.8. The Bertz CT molecular complexity index is 916. The van der Waals surface area contributed by atoms with Crippen LogP contribution in [-0.4, -0.2) is 37.2 Å². The number of esters is 3. The Balaban J connectivity index is 4.18. The highest BCUT2D eigenvalue weighted by Crippen LogP contribution is 2.18. The fourth-order valence-electron chi connectivity index (χ4n) is 8.17. The van der Waals surface area contributed by atoms with Gasteiger partial charge in [-0.2, -0.15) is 0 Å². The lowest BCUT2D eigenvalue weighted by Gasteiger charge is -2.18. The van der Waals surface area contributed by atoms with E-state index in [1.54, 1.807) is 0 Å². The third-order valence-electron chi connectivity index (χ3n) is 12.2. The average Bonchev–Trinajstić information content (AvgIpc) is 3.22. The molecule has 0 bridgehead atoms. The van der Waals surface area contributed by atoms with Gasteiger partial charge in [-0.3, -0.25) is 14.4 Å². The Morgan fingerprint density at radius 1 is 0.317 bits per heavy atom. The summed E-state index contributed by atoms with van der Waals surface area (Å²) in [6.45, 7) is 11.3. The van der Waals surface area contributed by atoms with Gasteiger partial charge < -0.3 is 14.2 Å². The number of hydrogen-bond donors (Lipinski definition) is 0. The van der Waals surface area contributed by atoms with Crippen LogP contribution in [0.25, 0.3) is 0 Å². The quantitative estimate of drug-likeness (QED) is 0.0345. The largest absolute Gasteiger partial charge is 0.462 e. The maximum absolute atomic E-state index is 12.7. The van der Waals surface area contributed by atoms with Crippen molar-refractivity contribution < 1.29 is 28.6 Å². The first-order valence-electron chi connectivity index (χ1n) is 26.7. The molecule has 0 unspecified atom stereocenters. The van der Waals surface area contributed by atoms with Crippen LogP contribution in [0.2, 0.25) is 0 Å². The monoisotopic (exact) mass is 849 g/mol. The molecule has 0 radical (unpaired) electrons. The lowest BCUT2D eigenvalue weighted by Crippen LogP contribution is -2.30. The highest BCUT2D eigenvalue weighted by molar-refractivity contribution is 5.71. The van der Waals surface area contributed by atoms with E-state index in [0.29, 0.717) is 19.3 Å². The molecule has 0 fully saturated rings. The fourth-order valence-corrected chi connectivity index (χ4v) is 8.17. The molecule has 356 valence electrons. The van der Waals surface area contributed by atoms with Crippen LogP contribution in [-0.2, 0) is 28.6 Å². The van der Waals surface area contributed by atoms with Crippen LogP contribution in [0, 0.1) is 11.8 Å². The number of rotatable bonds is 48. The van der Waals surface area contributed by atoms with Crippen LogP contribution in [0.1, 0.15) is 298 Å². The van der Waals surface area contributed by atoms with Crippen molar-refractivity contribution in [3.8, 4) is 0 Å². The van der Waals surface area contributed by atoms with Crippen LogP contribution >= 0.6 is 0 Å². The van der Waals surface area contributed by atoms with E-state index in [4.69, 9.17) is 14.2 Å². The third kappa shape index (κ3) is 47.5. The van der Waals surface area contributed by atoms with Gasteiger partial charge in [0.05, 0.1) is 0 Å². The van der Waals surface area contributed by atoms with E-state index in [-0.39, 0.29) is 31.1 Å². The second-order valence-electron chi connectivity index (χ2n) is 19.5. The predicted molar refractivity (Wildman–Crippen MR) is 256 cm³/mol. The van der Waals surface area contributed by atoms with Gasteiger partial charge in [0.25, 0.3) is 0 Å². The highest BCUT2D eigenvalue weighted by Gasteiger charge is 2.19. The molecule has 0 amide bonds. The number of ether oxygens (including phenoxy) is 3. The first-order valence-corrected chi connectivity index (χ1v) is 26.7. The van der Waals surface area contributed by atoms with Gasteiger partial charge in [0.15, 0.2) is 6.10 Å². The van der Waals surface area contributed by atoms with Crippen molar-refractivity contribution in [2.75, 3.05) is 13.2 Å². The van der Waals surface area contributed by atoms with E-state index in [1.807, 2.05) is 0 Å². The normalized spacial score (nSPS) is 12.1. The molecule has 0 aliphatic heterocycles. The van der Waals surface area contributed by atoms with Crippen LogP contribution in [0.3, 0.4) is 0 Å². The minimum Gasteiger partial charge on any atom is -0.462 e. The molecule has 0 saturated carbocycles. The van der Waals surface area contributed by atoms with Crippen LogP contribution in [0.4, 0.5) is 0 Å². The molecule has 6 nitrogen and oxygen atoms in total. The first kappa shape index (κ1) is 58.4. The molecule has 0 saturated heterocycles. The van der Waals surface area contributed by atoms with Gasteiger partial charge in [-0.1, -0.05) is 259 Å². The summed E-state index contributed by atoms with van der Waals surface area (Å²) in [7, 11) is 0. The van der Waals surface area contributed by atoms with Crippen LogP contribution in [0.15, 0.2) is 0 Å². The zero-order chi connectivity index (χ0) is 44.0. The van der Waals surface area contributed by atoms with Gasteiger partial charge in [0.1, 0.15) is 13.2 Å².